The molecule has 4 heteroatoms. The molecule has 2 rings (SSSR count). The number of rotatable bonds is 2. The lowest BCUT2D eigenvalue weighted by molar-refractivity contribution is -0.377. The van der Waals surface area contributed by atoms with E-state index < -0.39 is 0 Å². The number of ketones is 1. The molecule has 1 N–H and O–H groups in total. The van der Waals surface area contributed by atoms with E-state index in [1.165, 1.54) is 6.20 Å². The lowest BCUT2D eigenvalue weighted by atomic mass is 9.83. The van der Waals surface area contributed by atoms with Crippen molar-refractivity contribution in [3.63, 3.8) is 0 Å². The third-order valence-electron chi connectivity index (χ3n) is 3.03. The molecule has 0 aromatic carbocycles. The van der Waals surface area contributed by atoms with Crippen LogP contribution < -0.4 is 4.98 Å². The zero-order chi connectivity index (χ0) is 12.4. The van der Waals surface area contributed by atoms with Gasteiger partial charge in [0.1, 0.15) is 0 Å². The Bertz CT molecular complexity index is 532. The zero-order valence-corrected chi connectivity index (χ0v) is 9.56. The summed E-state index contributed by atoms with van der Waals surface area (Å²) in [6.07, 6.45) is 5.49. The van der Waals surface area contributed by atoms with Gasteiger partial charge >= 0.3 is 0 Å². The summed E-state index contributed by atoms with van der Waals surface area (Å²) in [4.78, 5) is 25.2. The molecule has 0 fully saturated rings. The van der Waals surface area contributed by atoms with Gasteiger partial charge in [0.05, 0.1) is 0 Å². The highest BCUT2D eigenvalue weighted by Crippen LogP contribution is 2.34. The molecule has 0 saturated heterocycles. The molecule has 1 aromatic rings. The Morgan fingerprint density at radius 3 is 2.94 bits per heavy atom. The first kappa shape index (κ1) is 11.4. The van der Waals surface area contributed by atoms with Crippen LogP contribution in [0.4, 0.5) is 5.69 Å². The van der Waals surface area contributed by atoms with Crippen LogP contribution >= 0.6 is 0 Å². The molecule has 1 heterocycles. The molecule has 86 valence electrons. The fourth-order valence-electron chi connectivity index (χ4n) is 1.96. The number of hydrogen-bond donors (Lipinski definition) is 0. The summed E-state index contributed by atoms with van der Waals surface area (Å²) in [5.74, 6) is 0.0367. The maximum absolute atomic E-state index is 11.7. The first-order valence-electron chi connectivity index (χ1n) is 5.41. The van der Waals surface area contributed by atoms with Crippen molar-refractivity contribution in [2.75, 3.05) is 0 Å². The number of pyridine rings is 1. The molecule has 0 unspecified atom stereocenters. The van der Waals surface area contributed by atoms with Crippen LogP contribution in [0.25, 0.3) is 5.57 Å². The van der Waals surface area contributed by atoms with Gasteiger partial charge in [-0.3, -0.25) is 4.79 Å². The number of nitroso groups, excluding NO2 is 1. The Morgan fingerprint density at radius 2 is 2.29 bits per heavy atom. The number of nitrogens with zero attached hydrogens (tertiary/aromatic N) is 1. The van der Waals surface area contributed by atoms with Crippen LogP contribution in [0.15, 0.2) is 41.9 Å². The molecular weight excluding hydrogens is 216 g/mol. The van der Waals surface area contributed by atoms with Gasteiger partial charge in [0.15, 0.2) is 23.9 Å². The summed E-state index contributed by atoms with van der Waals surface area (Å²) in [5, 5.41) is 2.96. The highest BCUT2D eigenvalue weighted by molar-refractivity contribution is 6.10. The minimum Gasteiger partial charge on any atom is -0.290 e. The van der Waals surface area contributed by atoms with E-state index >= 15 is 0 Å². The monoisotopic (exact) mass is 229 g/mol. The van der Waals surface area contributed by atoms with Gasteiger partial charge in [0, 0.05) is 11.6 Å². The van der Waals surface area contributed by atoms with E-state index in [-0.39, 0.29) is 11.7 Å². The van der Waals surface area contributed by atoms with E-state index in [0.29, 0.717) is 23.2 Å². The topological polar surface area (TPSA) is 60.6 Å². The fraction of sp³-hybridized carbons (Fsp3) is 0.231. The Morgan fingerprint density at radius 1 is 1.53 bits per heavy atom. The van der Waals surface area contributed by atoms with Crippen LogP contribution in [-0.2, 0) is 4.79 Å². The molecule has 4 nitrogen and oxygen atoms in total. The SMILES string of the molecule is C=C1C(=O)C=C(c2cc[nH+]cc2N=O)C[C@@H]1C. The third kappa shape index (κ3) is 2.06. The molecule has 17 heavy (non-hydrogen) atoms. The molecule has 0 saturated carbocycles. The van der Waals surface area contributed by atoms with E-state index in [1.54, 1.807) is 18.3 Å². The van der Waals surface area contributed by atoms with Gasteiger partial charge in [-0.15, -0.1) is 4.91 Å². The average Bonchev–Trinajstić information content (AvgIpc) is 2.35. The lowest BCUT2D eigenvalue weighted by Crippen LogP contribution is -2.14. The molecule has 0 radical (unpaired) electrons. The van der Waals surface area contributed by atoms with E-state index in [0.717, 1.165) is 5.57 Å². The summed E-state index contributed by atoms with van der Waals surface area (Å²) in [7, 11) is 0. The van der Waals surface area contributed by atoms with Gasteiger partial charge in [0.2, 0.25) is 0 Å². The van der Waals surface area contributed by atoms with E-state index in [1.807, 2.05) is 6.92 Å². The Hall–Kier alpha value is -2.10. The fourth-order valence-corrected chi connectivity index (χ4v) is 1.96. The second-order valence-corrected chi connectivity index (χ2v) is 4.20. The second kappa shape index (κ2) is 4.41. The first-order valence-corrected chi connectivity index (χ1v) is 5.41. The van der Waals surface area contributed by atoms with Gasteiger partial charge < -0.3 is 0 Å². The largest absolute Gasteiger partial charge is 0.290 e. The van der Waals surface area contributed by atoms with Crippen LogP contribution in [0.5, 0.6) is 0 Å². The van der Waals surface area contributed by atoms with E-state index in [4.69, 9.17) is 0 Å². The number of carbonyl (C=O) groups excluding carboxylic acids is 1. The third-order valence-corrected chi connectivity index (χ3v) is 3.03. The van der Waals surface area contributed by atoms with Crippen LogP contribution in [0, 0.1) is 10.8 Å². The normalized spacial score (nSPS) is 20.1. The number of carbonyl (C=O) groups is 1. The zero-order valence-electron chi connectivity index (χ0n) is 9.56. The molecule has 1 atom stereocenters. The standard InChI is InChI=1S/C13H12N2O2/c1-8-5-10(6-13(16)9(8)2)11-3-4-14-7-12(11)15-17/h3-4,6-8H,2,5H2,1H3/p+1/t8-/m0/s1. The number of aromatic amines is 1. The number of H-pyrrole nitrogens is 1. The molecule has 1 aliphatic rings. The quantitative estimate of drug-likeness (QED) is 0.577. The summed E-state index contributed by atoms with van der Waals surface area (Å²) >= 11 is 0. The smallest absolute Gasteiger partial charge is 0.197 e. The van der Waals surface area contributed by atoms with Crippen LogP contribution in [0.1, 0.15) is 18.9 Å². The number of hydrogen-bond acceptors (Lipinski definition) is 3. The maximum atomic E-state index is 11.7. The predicted octanol–water partition coefficient (Wildman–Crippen LogP) is 2.45. The van der Waals surface area contributed by atoms with Gasteiger partial charge in [-0.1, -0.05) is 13.5 Å². The van der Waals surface area contributed by atoms with Crippen molar-refractivity contribution in [3.05, 3.63) is 47.2 Å². The highest BCUT2D eigenvalue weighted by Gasteiger charge is 2.23. The average molecular weight is 229 g/mol. The number of aromatic nitrogens is 1. The summed E-state index contributed by atoms with van der Waals surface area (Å²) in [6, 6.07) is 1.76. The molecule has 0 aliphatic heterocycles. The van der Waals surface area contributed by atoms with Crippen LogP contribution in [0.3, 0.4) is 0 Å². The Kier molecular flexibility index (Phi) is 2.95. The van der Waals surface area contributed by atoms with Crippen molar-refractivity contribution in [2.24, 2.45) is 11.1 Å². The molecule has 0 spiro atoms. The van der Waals surface area contributed by atoms with Crippen molar-refractivity contribution in [3.8, 4) is 0 Å². The first-order chi connectivity index (χ1) is 8.13. The molecule has 0 amide bonds. The van der Waals surface area contributed by atoms with Crippen LogP contribution in [0.2, 0.25) is 0 Å². The maximum Gasteiger partial charge on any atom is 0.197 e. The highest BCUT2D eigenvalue weighted by atomic mass is 16.3. The van der Waals surface area contributed by atoms with Gasteiger partial charge in [-0.2, -0.15) is 0 Å². The summed E-state index contributed by atoms with van der Waals surface area (Å²) in [5.41, 5.74) is 2.51. The lowest BCUT2D eigenvalue weighted by Gasteiger charge is -2.20. The summed E-state index contributed by atoms with van der Waals surface area (Å²) in [6.45, 7) is 5.72. The van der Waals surface area contributed by atoms with Crippen molar-refractivity contribution in [1.82, 2.24) is 0 Å². The second-order valence-electron chi connectivity index (χ2n) is 4.20. The number of nitrogens with one attached hydrogen (secondary N) is 1. The van der Waals surface area contributed by atoms with E-state index in [9.17, 15) is 9.70 Å². The predicted molar refractivity (Wildman–Crippen MR) is 64.4 cm³/mol. The summed E-state index contributed by atoms with van der Waals surface area (Å²) < 4.78 is 0. The van der Waals surface area contributed by atoms with Crippen molar-refractivity contribution >= 4 is 17.0 Å². The molecular formula is C13H13N2O2+. The van der Waals surface area contributed by atoms with Gasteiger partial charge in [-0.05, 0) is 34.7 Å². The Balaban J connectivity index is 2.47. The van der Waals surface area contributed by atoms with E-state index in [2.05, 4.69) is 16.7 Å². The minimum atomic E-state index is -0.0663. The van der Waals surface area contributed by atoms with Crippen LogP contribution in [-0.4, -0.2) is 5.78 Å². The molecule has 0 bridgehead atoms. The van der Waals surface area contributed by atoms with Gasteiger partial charge in [-0.25, -0.2) is 4.98 Å². The minimum absolute atomic E-state index is 0.0663. The van der Waals surface area contributed by atoms with Gasteiger partial charge in [0.25, 0.3) is 0 Å². The molecule has 1 aromatic heterocycles. The molecule has 1 aliphatic carbocycles. The van der Waals surface area contributed by atoms with Crippen molar-refractivity contribution in [2.45, 2.75) is 13.3 Å². The Labute approximate surface area is 99.0 Å². The van der Waals surface area contributed by atoms with Crippen molar-refractivity contribution < 1.29 is 9.78 Å². The number of allylic oxidation sites excluding steroid dienone is 3. The van der Waals surface area contributed by atoms with Crippen molar-refractivity contribution in [1.29, 1.82) is 0 Å².